The number of amides is 2. The van der Waals surface area contributed by atoms with Gasteiger partial charge in [-0.25, -0.2) is 8.42 Å². The van der Waals surface area contributed by atoms with Gasteiger partial charge in [-0.1, -0.05) is 71.2 Å². The number of hydrogen-bond acceptors (Lipinski definition) is 6. The molecule has 0 aliphatic carbocycles. The predicted molar refractivity (Wildman–Crippen MR) is 185 cm³/mol. The number of halogens is 3. The van der Waals surface area contributed by atoms with Gasteiger partial charge < -0.3 is 19.7 Å². The molecule has 0 saturated carbocycles. The minimum absolute atomic E-state index is 0.143. The Labute approximate surface area is 290 Å². The summed E-state index contributed by atoms with van der Waals surface area (Å²) in [6.07, 6.45) is 0.143. The van der Waals surface area contributed by atoms with Gasteiger partial charge in [-0.2, -0.15) is 0 Å². The third-order valence-corrected chi connectivity index (χ3v) is 10.1. The van der Waals surface area contributed by atoms with E-state index in [2.05, 4.69) is 5.32 Å². The zero-order chi connectivity index (χ0) is 34.1. The maximum atomic E-state index is 14.5. The molecular weight excluding hydrogens is 685 g/mol. The number of nitrogens with one attached hydrogen (secondary N) is 1. The number of carbonyl (C=O) groups is 2. The molecule has 47 heavy (non-hydrogen) atoms. The van der Waals surface area contributed by atoms with E-state index in [1.165, 1.54) is 61.6 Å². The Morgan fingerprint density at radius 3 is 2.06 bits per heavy atom. The molecule has 4 rings (SSSR count). The molecule has 0 saturated heterocycles. The first-order valence-electron chi connectivity index (χ1n) is 14.5. The summed E-state index contributed by atoms with van der Waals surface area (Å²) >= 11 is 19.2. The number of hydrogen-bond donors (Lipinski definition) is 1. The van der Waals surface area contributed by atoms with Crippen LogP contribution in [0, 0.1) is 0 Å². The molecule has 0 aliphatic rings. The van der Waals surface area contributed by atoms with Crippen molar-refractivity contribution in [3.05, 3.63) is 117 Å². The number of likely N-dealkylation sites (N-methyl/N-ethyl adjacent to an activating group) is 1. The van der Waals surface area contributed by atoms with Crippen molar-refractivity contribution in [2.45, 2.75) is 30.8 Å². The lowest BCUT2D eigenvalue weighted by Crippen LogP contribution is -2.53. The van der Waals surface area contributed by atoms with E-state index < -0.39 is 34.4 Å². The summed E-state index contributed by atoms with van der Waals surface area (Å²) in [5.41, 5.74) is 1.37. The maximum Gasteiger partial charge on any atom is 0.264 e. The van der Waals surface area contributed by atoms with Gasteiger partial charge in [0.1, 0.15) is 12.6 Å². The summed E-state index contributed by atoms with van der Waals surface area (Å²) in [6, 6.07) is 23.3. The van der Waals surface area contributed by atoms with Gasteiger partial charge in [0.05, 0.1) is 24.8 Å². The van der Waals surface area contributed by atoms with E-state index in [1.807, 2.05) is 30.3 Å². The third-order valence-electron chi connectivity index (χ3n) is 7.35. The Morgan fingerprint density at radius 1 is 0.830 bits per heavy atom. The van der Waals surface area contributed by atoms with Crippen molar-refractivity contribution in [1.29, 1.82) is 0 Å². The van der Waals surface area contributed by atoms with Crippen LogP contribution in [0.25, 0.3) is 0 Å². The van der Waals surface area contributed by atoms with Crippen molar-refractivity contribution >= 4 is 62.3 Å². The molecule has 4 aromatic carbocycles. The molecule has 0 fully saturated rings. The predicted octanol–water partition coefficient (Wildman–Crippen LogP) is 6.64. The minimum atomic E-state index is -4.40. The van der Waals surface area contributed by atoms with E-state index in [0.29, 0.717) is 22.9 Å². The number of ether oxygens (including phenoxy) is 2. The van der Waals surface area contributed by atoms with E-state index in [9.17, 15) is 18.0 Å². The van der Waals surface area contributed by atoms with Crippen molar-refractivity contribution in [2.24, 2.45) is 0 Å². The lowest BCUT2D eigenvalue weighted by molar-refractivity contribution is -0.140. The highest BCUT2D eigenvalue weighted by Crippen LogP contribution is 2.33. The fraction of sp³-hybridized carbons (Fsp3) is 0.235. The first kappa shape index (κ1) is 35.9. The number of benzene rings is 4. The summed E-state index contributed by atoms with van der Waals surface area (Å²) in [7, 11) is -1.58. The standard InChI is InChI=1S/C34H34Cl3N3O6S/c1-4-38-34(42)30(19-23-9-6-5-7-10-23)39(21-27-28(36)11-8-12-29(27)37)33(41)22-40(25-15-13-24(35)14-16-25)47(43,44)26-17-18-31(45-2)32(20-26)46-3/h5-18,20,30H,4,19,21-22H2,1-3H3,(H,38,42)/t30-/m0/s1. The largest absolute Gasteiger partial charge is 0.493 e. The summed E-state index contributed by atoms with van der Waals surface area (Å²) in [4.78, 5) is 29.4. The number of carbonyl (C=O) groups excluding carboxylic acids is 2. The topological polar surface area (TPSA) is 105 Å². The monoisotopic (exact) mass is 717 g/mol. The number of anilines is 1. The van der Waals surface area contributed by atoms with Gasteiger partial charge in [-0.05, 0) is 61.0 Å². The summed E-state index contributed by atoms with van der Waals surface area (Å²) in [6.45, 7) is 1.23. The molecule has 4 aromatic rings. The molecule has 0 aromatic heterocycles. The number of nitrogens with zero attached hydrogens (tertiary/aromatic N) is 2. The van der Waals surface area contributed by atoms with Crippen molar-refractivity contribution in [3.8, 4) is 11.5 Å². The average Bonchev–Trinajstić information content (AvgIpc) is 3.06. The Morgan fingerprint density at radius 2 is 1.47 bits per heavy atom. The molecule has 0 heterocycles. The van der Waals surface area contributed by atoms with Crippen molar-refractivity contribution < 1.29 is 27.5 Å². The quantitative estimate of drug-likeness (QED) is 0.157. The van der Waals surface area contributed by atoms with E-state index in [0.717, 1.165) is 9.87 Å². The Bertz CT molecular complexity index is 1790. The van der Waals surface area contributed by atoms with Gasteiger partial charge in [0.2, 0.25) is 11.8 Å². The molecule has 0 aliphatic heterocycles. The number of methoxy groups -OCH3 is 2. The molecule has 9 nitrogen and oxygen atoms in total. The number of rotatable bonds is 14. The summed E-state index contributed by atoms with van der Waals surface area (Å²) in [5, 5.41) is 3.77. The molecular formula is C34H34Cl3N3O6S. The molecule has 1 N–H and O–H groups in total. The van der Waals surface area contributed by atoms with Crippen molar-refractivity contribution in [1.82, 2.24) is 10.2 Å². The molecule has 248 valence electrons. The van der Waals surface area contributed by atoms with Crippen LogP contribution >= 0.6 is 34.8 Å². The Kier molecular flexibility index (Phi) is 12.4. The fourth-order valence-electron chi connectivity index (χ4n) is 4.94. The highest BCUT2D eigenvalue weighted by atomic mass is 35.5. The highest BCUT2D eigenvalue weighted by Gasteiger charge is 2.35. The normalized spacial score (nSPS) is 11.8. The van der Waals surface area contributed by atoms with E-state index >= 15 is 0 Å². The molecule has 0 unspecified atom stereocenters. The molecule has 0 spiro atoms. The molecule has 0 bridgehead atoms. The van der Waals surface area contributed by atoms with E-state index in [4.69, 9.17) is 44.3 Å². The first-order valence-corrected chi connectivity index (χ1v) is 17.1. The van der Waals surface area contributed by atoms with Gasteiger partial charge in [-0.3, -0.25) is 13.9 Å². The third kappa shape index (κ3) is 8.70. The van der Waals surface area contributed by atoms with Crippen LogP contribution in [0.2, 0.25) is 15.1 Å². The van der Waals surface area contributed by atoms with Gasteiger partial charge in [-0.15, -0.1) is 0 Å². The second kappa shape index (κ2) is 16.2. The SMILES string of the molecule is CCNC(=O)[C@H](Cc1ccccc1)N(Cc1c(Cl)cccc1Cl)C(=O)CN(c1ccc(Cl)cc1)S(=O)(=O)c1ccc(OC)c(OC)c1. The lowest BCUT2D eigenvalue weighted by atomic mass is 10.0. The maximum absolute atomic E-state index is 14.5. The second-order valence-electron chi connectivity index (χ2n) is 10.3. The second-order valence-corrected chi connectivity index (χ2v) is 13.4. The Balaban J connectivity index is 1.85. The van der Waals surface area contributed by atoms with Crippen molar-refractivity contribution in [3.63, 3.8) is 0 Å². The van der Waals surface area contributed by atoms with Gasteiger partial charge in [0, 0.05) is 46.2 Å². The van der Waals surface area contributed by atoms with Crippen LogP contribution in [0.15, 0.2) is 95.9 Å². The molecule has 2 amide bonds. The van der Waals surface area contributed by atoms with E-state index in [1.54, 1.807) is 25.1 Å². The fourth-order valence-corrected chi connectivity index (χ4v) is 7.01. The average molecular weight is 719 g/mol. The van der Waals surface area contributed by atoms with Crippen LogP contribution in [-0.4, -0.2) is 58.5 Å². The van der Waals surface area contributed by atoms with Gasteiger partial charge in [0.15, 0.2) is 11.5 Å². The minimum Gasteiger partial charge on any atom is -0.493 e. The smallest absolute Gasteiger partial charge is 0.264 e. The number of sulfonamides is 1. The lowest BCUT2D eigenvalue weighted by Gasteiger charge is -2.34. The van der Waals surface area contributed by atoms with Crippen LogP contribution < -0.4 is 19.1 Å². The van der Waals surface area contributed by atoms with Crippen LogP contribution in [0.3, 0.4) is 0 Å². The molecule has 13 heteroatoms. The zero-order valence-corrected chi connectivity index (χ0v) is 29.0. The van der Waals surface area contributed by atoms with Crippen LogP contribution in [0.1, 0.15) is 18.1 Å². The molecule has 1 atom stereocenters. The van der Waals surface area contributed by atoms with Crippen LogP contribution in [-0.2, 0) is 32.6 Å². The van der Waals surface area contributed by atoms with Crippen molar-refractivity contribution in [2.75, 3.05) is 31.6 Å². The van der Waals surface area contributed by atoms with Gasteiger partial charge in [0.25, 0.3) is 10.0 Å². The summed E-state index contributed by atoms with van der Waals surface area (Å²) < 4.78 is 40.2. The van der Waals surface area contributed by atoms with Crippen LogP contribution in [0.5, 0.6) is 11.5 Å². The Hall–Kier alpha value is -3.96. The first-order chi connectivity index (χ1) is 22.5. The summed E-state index contributed by atoms with van der Waals surface area (Å²) in [5.74, 6) is -0.583. The molecule has 0 radical (unpaired) electrons. The van der Waals surface area contributed by atoms with E-state index in [-0.39, 0.29) is 39.3 Å². The highest BCUT2D eigenvalue weighted by molar-refractivity contribution is 7.92. The van der Waals surface area contributed by atoms with Crippen LogP contribution in [0.4, 0.5) is 5.69 Å². The zero-order valence-electron chi connectivity index (χ0n) is 26.0. The van der Waals surface area contributed by atoms with Gasteiger partial charge >= 0.3 is 0 Å².